The van der Waals surface area contributed by atoms with Crippen molar-refractivity contribution < 1.29 is 27.5 Å². The number of hydrogen-bond donors (Lipinski definition) is 1. The summed E-state index contributed by atoms with van der Waals surface area (Å²) in [5.74, 6) is -0.744. The Balaban J connectivity index is 2.37. The van der Waals surface area contributed by atoms with E-state index in [4.69, 9.17) is 19.5 Å². The van der Waals surface area contributed by atoms with Crippen LogP contribution >= 0.6 is 11.8 Å². The molecule has 1 atom stereocenters. The van der Waals surface area contributed by atoms with Crippen molar-refractivity contribution >= 4 is 33.4 Å². The number of benzene rings is 1. The average Bonchev–Trinajstić information content (AvgIpc) is 3.12. The smallest absolute Gasteiger partial charge is 0.278 e. The lowest BCUT2D eigenvalue weighted by Crippen LogP contribution is -2.56. The maximum absolute atomic E-state index is 13.5. The Morgan fingerprint density at radius 3 is 2.31 bits per heavy atom. The Kier molecular flexibility index (Phi) is 8.27. The fourth-order valence-corrected chi connectivity index (χ4v) is 5.55. The average molecular weight is 445 g/mol. The Bertz CT molecular complexity index is 848. The third-order valence-corrected chi connectivity index (χ3v) is 7.11. The molecule has 29 heavy (non-hydrogen) atoms. The van der Waals surface area contributed by atoms with Crippen molar-refractivity contribution in [2.45, 2.75) is 25.5 Å². The number of primary sulfonamides is 1. The van der Waals surface area contributed by atoms with Crippen molar-refractivity contribution in [1.82, 2.24) is 0 Å². The predicted octanol–water partition coefficient (Wildman–Crippen LogP) is 1.83. The summed E-state index contributed by atoms with van der Waals surface area (Å²) >= 11 is 1.22. The fraction of sp³-hybridized carbons (Fsp3) is 0.526. The number of carbonyl (C=O) groups excluding carboxylic acids is 1. The van der Waals surface area contributed by atoms with Crippen molar-refractivity contribution in [2.75, 3.05) is 44.4 Å². The van der Waals surface area contributed by atoms with E-state index in [9.17, 15) is 13.2 Å². The molecule has 1 unspecified atom stereocenters. The molecule has 8 nitrogen and oxygen atoms in total. The van der Waals surface area contributed by atoms with Crippen LogP contribution < -0.4 is 10.2 Å². The van der Waals surface area contributed by atoms with Gasteiger partial charge < -0.3 is 9.47 Å². The molecule has 0 saturated carbocycles. The zero-order valence-electron chi connectivity index (χ0n) is 17.1. The number of sulfonamides is 1. The molecule has 1 heterocycles. The lowest BCUT2D eigenvalue weighted by Gasteiger charge is -2.32. The Morgan fingerprint density at radius 2 is 1.79 bits per heavy atom. The number of nitrogens with two attached hydrogens (primary N) is 1. The number of carbonyl (C=O) groups is 1. The summed E-state index contributed by atoms with van der Waals surface area (Å²) in [6.45, 7) is 6.73. The van der Waals surface area contributed by atoms with E-state index >= 15 is 0 Å². The lowest BCUT2D eigenvalue weighted by molar-refractivity contribution is -0.127. The van der Waals surface area contributed by atoms with Gasteiger partial charge in [-0.3, -0.25) is 9.63 Å². The highest BCUT2D eigenvalue weighted by Crippen LogP contribution is 2.36. The van der Waals surface area contributed by atoms with Crippen LogP contribution in [0.1, 0.15) is 16.7 Å². The highest BCUT2D eigenvalue weighted by atomic mass is 32.2. The summed E-state index contributed by atoms with van der Waals surface area (Å²) in [4.78, 5) is 19.2. The maximum Gasteiger partial charge on any atom is 0.278 e. The molecule has 1 aliphatic heterocycles. The number of hydrogen-bond acceptors (Lipinski definition) is 7. The Hall–Kier alpha value is -1.43. The van der Waals surface area contributed by atoms with E-state index < -0.39 is 20.7 Å². The molecule has 162 valence electrons. The van der Waals surface area contributed by atoms with Crippen LogP contribution in [-0.4, -0.2) is 58.4 Å². The van der Waals surface area contributed by atoms with E-state index in [1.165, 1.54) is 17.8 Å². The summed E-state index contributed by atoms with van der Waals surface area (Å²) < 4.78 is 33.2. The van der Waals surface area contributed by atoms with Crippen LogP contribution in [0.5, 0.6) is 0 Å². The van der Waals surface area contributed by atoms with Gasteiger partial charge in [0.2, 0.25) is 10.0 Å². The zero-order chi connectivity index (χ0) is 21.7. The minimum atomic E-state index is -4.22. The first-order valence-electron chi connectivity index (χ1n) is 9.07. The molecule has 1 aromatic rings. The van der Waals surface area contributed by atoms with Gasteiger partial charge in [-0.2, -0.15) is 5.06 Å². The predicted molar refractivity (Wildman–Crippen MR) is 114 cm³/mol. The first kappa shape index (κ1) is 23.8. The molecule has 0 radical (unpaired) electrons. The molecule has 1 aromatic carbocycles. The lowest BCUT2D eigenvalue weighted by atomic mass is 10.0. The Labute approximate surface area is 176 Å². The maximum atomic E-state index is 13.5. The molecule has 0 aliphatic carbocycles. The summed E-state index contributed by atoms with van der Waals surface area (Å²) in [5, 5.41) is 8.10. The van der Waals surface area contributed by atoms with Crippen molar-refractivity contribution in [3.8, 4) is 0 Å². The van der Waals surface area contributed by atoms with E-state index in [1.54, 1.807) is 12.5 Å². The van der Waals surface area contributed by atoms with Gasteiger partial charge in [0.15, 0.2) is 4.75 Å². The number of rotatable bonds is 10. The number of ether oxygens (including phenoxy) is 2. The molecule has 0 fully saturated rings. The second kappa shape index (κ2) is 10.1. The van der Waals surface area contributed by atoms with E-state index in [-0.39, 0.29) is 19.0 Å². The molecule has 0 bridgehead atoms. The fourth-order valence-electron chi connectivity index (χ4n) is 3.13. The van der Waals surface area contributed by atoms with Gasteiger partial charge in [-0.1, -0.05) is 17.7 Å². The van der Waals surface area contributed by atoms with E-state index in [1.807, 2.05) is 32.9 Å². The first-order chi connectivity index (χ1) is 13.6. The third kappa shape index (κ3) is 5.39. The monoisotopic (exact) mass is 444 g/mol. The quantitative estimate of drug-likeness (QED) is 0.433. The van der Waals surface area contributed by atoms with Gasteiger partial charge in [0, 0.05) is 12.9 Å². The van der Waals surface area contributed by atoms with Crippen LogP contribution in [-0.2, 0) is 29.1 Å². The standard InChI is InChI=1S/C19H28N2O6S2/c1-14-11-15(2)17(16(3)12-14)21(27-9-8-26-7-6-25-4)18(22)19(29(20,23)24)5-10-28-13-19/h5,10-12H,6-9,13H2,1-4H3,(H2,20,23,24). The van der Waals surface area contributed by atoms with Gasteiger partial charge in [-0.15, -0.1) is 11.8 Å². The number of nitrogens with zero attached hydrogens (tertiary/aromatic N) is 1. The second-order valence-electron chi connectivity index (χ2n) is 6.83. The second-order valence-corrected chi connectivity index (χ2v) is 9.55. The summed E-state index contributed by atoms with van der Waals surface area (Å²) in [5.41, 5.74) is 3.10. The number of thioether (sulfide) groups is 1. The number of aryl methyl sites for hydroxylation is 3. The van der Waals surface area contributed by atoms with Crippen molar-refractivity contribution in [3.05, 3.63) is 40.3 Å². The van der Waals surface area contributed by atoms with Gasteiger partial charge in [-0.25, -0.2) is 13.6 Å². The Morgan fingerprint density at radius 1 is 1.17 bits per heavy atom. The van der Waals surface area contributed by atoms with E-state index in [0.29, 0.717) is 18.9 Å². The van der Waals surface area contributed by atoms with Crippen LogP contribution in [0.3, 0.4) is 0 Å². The number of hydroxylamine groups is 1. The number of anilines is 1. The van der Waals surface area contributed by atoms with Gasteiger partial charge in [-0.05, 0) is 43.4 Å². The molecule has 10 heteroatoms. The van der Waals surface area contributed by atoms with Crippen LogP contribution in [0.2, 0.25) is 0 Å². The first-order valence-corrected chi connectivity index (χ1v) is 11.7. The highest BCUT2D eigenvalue weighted by Gasteiger charge is 2.52. The SMILES string of the molecule is COCCOCCON(C(=O)C1(S(N)(=O)=O)C=CSC1)c1c(C)cc(C)cc1C. The summed E-state index contributed by atoms with van der Waals surface area (Å²) in [6.07, 6.45) is 1.33. The molecule has 1 aliphatic rings. The van der Waals surface area contributed by atoms with Crippen LogP contribution in [0.4, 0.5) is 5.69 Å². The van der Waals surface area contributed by atoms with E-state index in [2.05, 4.69) is 0 Å². The number of amides is 1. The normalized spacial score (nSPS) is 18.9. The zero-order valence-corrected chi connectivity index (χ0v) is 18.8. The molecule has 1 amide bonds. The molecular formula is C19H28N2O6S2. The van der Waals surface area contributed by atoms with Gasteiger partial charge in [0.05, 0.1) is 32.1 Å². The molecule has 0 spiro atoms. The van der Waals surface area contributed by atoms with Crippen LogP contribution in [0.15, 0.2) is 23.6 Å². The van der Waals surface area contributed by atoms with Crippen molar-refractivity contribution in [1.29, 1.82) is 0 Å². The van der Waals surface area contributed by atoms with Crippen molar-refractivity contribution in [2.24, 2.45) is 5.14 Å². The number of methoxy groups -OCH3 is 1. The third-order valence-electron chi connectivity index (χ3n) is 4.50. The van der Waals surface area contributed by atoms with Crippen molar-refractivity contribution in [3.63, 3.8) is 0 Å². The van der Waals surface area contributed by atoms with Crippen LogP contribution in [0.25, 0.3) is 0 Å². The molecule has 2 rings (SSSR count). The van der Waals surface area contributed by atoms with Gasteiger partial charge in [0.25, 0.3) is 5.91 Å². The highest BCUT2D eigenvalue weighted by molar-refractivity contribution is 8.04. The van der Waals surface area contributed by atoms with Crippen LogP contribution in [0, 0.1) is 20.8 Å². The molecule has 0 saturated heterocycles. The molecule has 2 N–H and O–H groups in total. The molecular weight excluding hydrogens is 416 g/mol. The minimum absolute atomic E-state index is 0.00117. The minimum Gasteiger partial charge on any atom is -0.382 e. The van der Waals surface area contributed by atoms with Gasteiger partial charge in [0.1, 0.15) is 0 Å². The van der Waals surface area contributed by atoms with E-state index in [0.717, 1.165) is 21.8 Å². The van der Waals surface area contributed by atoms with Gasteiger partial charge >= 0.3 is 0 Å². The summed E-state index contributed by atoms with van der Waals surface area (Å²) in [6, 6.07) is 3.81. The molecule has 0 aromatic heterocycles. The largest absolute Gasteiger partial charge is 0.382 e. The topological polar surface area (TPSA) is 108 Å². The summed E-state index contributed by atoms with van der Waals surface area (Å²) in [7, 11) is -2.65.